The Morgan fingerprint density at radius 1 is 1.04 bits per heavy atom. The number of nitrogens with zero attached hydrogens (tertiary/aromatic N) is 1. The number of likely N-dealkylation sites (N-methyl/N-ethyl adjacent to an activating group) is 1. The molecular weight excluding hydrogens is 336 g/mol. The highest BCUT2D eigenvalue weighted by molar-refractivity contribution is 7.89. The molecule has 0 heterocycles. The van der Waals surface area contributed by atoms with Crippen LogP contribution in [0.1, 0.15) is 16.7 Å². The average molecular weight is 360 g/mol. The molecule has 0 saturated carbocycles. The van der Waals surface area contributed by atoms with Gasteiger partial charge in [-0.05, 0) is 49.1 Å². The predicted octanol–water partition coefficient (Wildman–Crippen LogP) is 2.28. The molecule has 0 saturated heterocycles. The van der Waals surface area contributed by atoms with Gasteiger partial charge in [0.2, 0.25) is 15.9 Å². The second-order valence-electron chi connectivity index (χ2n) is 6.09. The van der Waals surface area contributed by atoms with E-state index in [0.29, 0.717) is 13.0 Å². The average Bonchev–Trinajstić information content (AvgIpc) is 2.58. The summed E-state index contributed by atoms with van der Waals surface area (Å²) in [6.45, 7) is 4.06. The van der Waals surface area contributed by atoms with E-state index in [1.807, 2.05) is 44.2 Å². The molecule has 0 fully saturated rings. The van der Waals surface area contributed by atoms with Gasteiger partial charge in [0.25, 0.3) is 0 Å². The van der Waals surface area contributed by atoms with Crippen LogP contribution in [0.3, 0.4) is 0 Å². The van der Waals surface area contributed by atoms with Crippen molar-refractivity contribution < 1.29 is 13.2 Å². The molecule has 134 valence electrons. The monoisotopic (exact) mass is 360 g/mol. The van der Waals surface area contributed by atoms with Gasteiger partial charge < -0.3 is 5.32 Å². The van der Waals surface area contributed by atoms with Crippen LogP contribution >= 0.6 is 0 Å². The molecule has 2 rings (SSSR count). The Kier molecular flexibility index (Phi) is 6.33. The minimum absolute atomic E-state index is 0.204. The first-order valence-corrected chi connectivity index (χ1v) is 9.59. The highest BCUT2D eigenvalue weighted by Gasteiger charge is 2.23. The molecule has 0 aliphatic carbocycles. The van der Waals surface area contributed by atoms with Gasteiger partial charge in [-0.25, -0.2) is 8.42 Å². The number of amides is 1. The van der Waals surface area contributed by atoms with Gasteiger partial charge in [-0.2, -0.15) is 4.31 Å². The summed E-state index contributed by atoms with van der Waals surface area (Å²) in [7, 11) is -2.26. The fourth-order valence-electron chi connectivity index (χ4n) is 2.39. The smallest absolute Gasteiger partial charge is 0.243 e. The molecule has 0 atom stereocenters. The van der Waals surface area contributed by atoms with Crippen LogP contribution in [0.4, 0.5) is 0 Å². The summed E-state index contributed by atoms with van der Waals surface area (Å²) in [5.41, 5.74) is 3.06. The number of rotatable bonds is 7. The van der Waals surface area contributed by atoms with Crippen LogP contribution < -0.4 is 5.32 Å². The molecule has 6 heteroatoms. The summed E-state index contributed by atoms with van der Waals surface area (Å²) in [6, 6.07) is 14.8. The van der Waals surface area contributed by atoms with Gasteiger partial charge in [-0.3, -0.25) is 4.79 Å². The van der Waals surface area contributed by atoms with Crippen molar-refractivity contribution in [1.82, 2.24) is 9.62 Å². The molecule has 0 bridgehead atoms. The molecule has 0 aliphatic heterocycles. The maximum Gasteiger partial charge on any atom is 0.243 e. The van der Waals surface area contributed by atoms with Crippen LogP contribution in [0.25, 0.3) is 0 Å². The number of hydrogen-bond donors (Lipinski definition) is 1. The first-order chi connectivity index (χ1) is 11.8. The number of nitrogens with one attached hydrogen (secondary N) is 1. The number of sulfonamides is 1. The second kappa shape index (κ2) is 8.27. The van der Waals surface area contributed by atoms with Crippen molar-refractivity contribution in [2.75, 3.05) is 20.1 Å². The third-order valence-corrected chi connectivity index (χ3v) is 5.93. The standard InChI is InChI=1S/C19H24N2O3S/c1-15-9-10-18(13-16(15)2)25(23,24)21(3)14-19(22)20-12-11-17-7-5-4-6-8-17/h4-10,13H,11-12,14H2,1-3H3,(H,20,22). The van der Waals surface area contributed by atoms with E-state index in [4.69, 9.17) is 0 Å². The second-order valence-corrected chi connectivity index (χ2v) is 8.14. The Hall–Kier alpha value is -2.18. The normalized spacial score (nSPS) is 11.5. The van der Waals surface area contributed by atoms with Crippen molar-refractivity contribution in [3.63, 3.8) is 0 Å². The van der Waals surface area contributed by atoms with E-state index >= 15 is 0 Å². The fourth-order valence-corrected chi connectivity index (χ4v) is 3.60. The minimum Gasteiger partial charge on any atom is -0.355 e. The number of carbonyl (C=O) groups is 1. The van der Waals surface area contributed by atoms with E-state index in [-0.39, 0.29) is 17.3 Å². The quantitative estimate of drug-likeness (QED) is 0.824. The van der Waals surface area contributed by atoms with Crippen LogP contribution in [-0.4, -0.2) is 38.8 Å². The number of hydrogen-bond acceptors (Lipinski definition) is 3. The van der Waals surface area contributed by atoms with Crippen LogP contribution in [0.2, 0.25) is 0 Å². The molecule has 5 nitrogen and oxygen atoms in total. The van der Waals surface area contributed by atoms with Gasteiger partial charge in [0.05, 0.1) is 11.4 Å². The van der Waals surface area contributed by atoms with Crippen LogP contribution in [-0.2, 0) is 21.2 Å². The summed E-state index contributed by atoms with van der Waals surface area (Å²) in [6.07, 6.45) is 0.709. The van der Waals surface area contributed by atoms with Crippen LogP contribution in [0, 0.1) is 13.8 Å². The molecule has 25 heavy (non-hydrogen) atoms. The third-order valence-electron chi connectivity index (χ3n) is 4.13. The highest BCUT2D eigenvalue weighted by atomic mass is 32.2. The summed E-state index contributed by atoms with van der Waals surface area (Å²) in [5, 5.41) is 2.76. The molecule has 1 amide bonds. The Balaban J connectivity index is 1.92. The van der Waals surface area contributed by atoms with E-state index in [9.17, 15) is 13.2 Å². The molecule has 1 N–H and O–H groups in total. The topological polar surface area (TPSA) is 66.5 Å². The predicted molar refractivity (Wildman–Crippen MR) is 98.9 cm³/mol. The van der Waals surface area contributed by atoms with Gasteiger partial charge in [-0.1, -0.05) is 36.4 Å². The lowest BCUT2D eigenvalue weighted by Gasteiger charge is -2.17. The summed E-state index contributed by atoms with van der Waals surface area (Å²) >= 11 is 0. The fraction of sp³-hybridized carbons (Fsp3) is 0.316. The molecule has 0 aliphatic rings. The Morgan fingerprint density at radius 3 is 2.36 bits per heavy atom. The maximum atomic E-state index is 12.6. The van der Waals surface area contributed by atoms with Crippen LogP contribution in [0.5, 0.6) is 0 Å². The zero-order valence-corrected chi connectivity index (χ0v) is 15.6. The van der Waals surface area contributed by atoms with Crippen molar-refractivity contribution in [3.8, 4) is 0 Å². The van der Waals surface area contributed by atoms with E-state index in [0.717, 1.165) is 21.0 Å². The SMILES string of the molecule is Cc1ccc(S(=O)(=O)N(C)CC(=O)NCCc2ccccc2)cc1C. The molecule has 0 unspecified atom stereocenters. The lowest BCUT2D eigenvalue weighted by atomic mass is 10.1. The zero-order chi connectivity index (χ0) is 18.4. The number of aryl methyl sites for hydroxylation is 2. The van der Waals surface area contributed by atoms with Crippen molar-refractivity contribution in [1.29, 1.82) is 0 Å². The van der Waals surface area contributed by atoms with Crippen LogP contribution in [0.15, 0.2) is 53.4 Å². The van der Waals surface area contributed by atoms with E-state index in [2.05, 4.69) is 5.32 Å². The molecule has 2 aromatic carbocycles. The van der Waals surface area contributed by atoms with E-state index in [1.54, 1.807) is 18.2 Å². The Bertz CT molecular complexity index is 833. The maximum absolute atomic E-state index is 12.6. The highest BCUT2D eigenvalue weighted by Crippen LogP contribution is 2.17. The summed E-state index contributed by atoms with van der Waals surface area (Å²) in [5.74, 6) is -0.314. The largest absolute Gasteiger partial charge is 0.355 e. The lowest BCUT2D eigenvalue weighted by Crippen LogP contribution is -2.39. The third kappa shape index (κ3) is 5.14. The van der Waals surface area contributed by atoms with Crippen molar-refractivity contribution in [2.24, 2.45) is 0 Å². The Labute approximate surface area is 149 Å². The Morgan fingerprint density at radius 2 is 1.72 bits per heavy atom. The van der Waals surface area contributed by atoms with E-state index in [1.165, 1.54) is 7.05 Å². The molecule has 0 aromatic heterocycles. The van der Waals surface area contributed by atoms with Gasteiger partial charge in [0.1, 0.15) is 0 Å². The molecule has 0 spiro atoms. The van der Waals surface area contributed by atoms with Crippen molar-refractivity contribution in [3.05, 3.63) is 65.2 Å². The summed E-state index contributed by atoms with van der Waals surface area (Å²) in [4.78, 5) is 12.2. The first-order valence-electron chi connectivity index (χ1n) is 8.15. The van der Waals surface area contributed by atoms with Gasteiger partial charge in [0, 0.05) is 13.6 Å². The summed E-state index contributed by atoms with van der Waals surface area (Å²) < 4.78 is 26.2. The van der Waals surface area contributed by atoms with E-state index < -0.39 is 10.0 Å². The molecular formula is C19H24N2O3S. The zero-order valence-electron chi connectivity index (χ0n) is 14.8. The number of benzene rings is 2. The molecule has 0 radical (unpaired) electrons. The van der Waals surface area contributed by atoms with Crippen molar-refractivity contribution in [2.45, 2.75) is 25.2 Å². The van der Waals surface area contributed by atoms with Gasteiger partial charge in [0.15, 0.2) is 0 Å². The van der Waals surface area contributed by atoms with Gasteiger partial charge in [-0.15, -0.1) is 0 Å². The molecule has 2 aromatic rings. The first kappa shape index (κ1) is 19.1. The minimum atomic E-state index is -3.68. The van der Waals surface area contributed by atoms with Gasteiger partial charge >= 0.3 is 0 Å². The number of carbonyl (C=O) groups excluding carboxylic acids is 1. The van der Waals surface area contributed by atoms with Crippen molar-refractivity contribution >= 4 is 15.9 Å². The lowest BCUT2D eigenvalue weighted by molar-refractivity contribution is -0.121.